The fourth-order valence-electron chi connectivity index (χ4n) is 4.62. The Bertz CT molecular complexity index is 2190. The quantitative estimate of drug-likeness (QED) is 0.148. The number of aliphatic hydroxyl groups is 1. The molecule has 0 fully saturated rings. The van der Waals surface area contributed by atoms with E-state index in [0.29, 0.717) is 35.0 Å². The molecular formula is C34H33BrN12O. The largest absolute Gasteiger partial charge is 0.390 e. The van der Waals surface area contributed by atoms with Crippen LogP contribution >= 0.6 is 15.9 Å². The molecule has 7 heterocycles. The third-order valence-electron chi connectivity index (χ3n) is 7.32. The highest BCUT2D eigenvalue weighted by molar-refractivity contribution is 9.10. The first kappa shape index (κ1) is 32.5. The highest BCUT2D eigenvalue weighted by atomic mass is 79.9. The van der Waals surface area contributed by atoms with Crippen LogP contribution < -0.4 is 10.6 Å². The predicted molar refractivity (Wildman–Crippen MR) is 189 cm³/mol. The lowest BCUT2D eigenvalue weighted by molar-refractivity contribution is 0.277. The van der Waals surface area contributed by atoms with Crippen LogP contribution in [-0.2, 0) is 6.61 Å². The van der Waals surface area contributed by atoms with E-state index >= 15 is 0 Å². The zero-order chi connectivity index (χ0) is 33.6. The van der Waals surface area contributed by atoms with Crippen LogP contribution in [0.5, 0.6) is 0 Å². The first-order valence-electron chi connectivity index (χ1n) is 15.3. The summed E-state index contributed by atoms with van der Waals surface area (Å²) in [6.07, 6.45) is 10.5. The molecule has 0 radical (unpaired) electrons. The smallest absolute Gasteiger partial charge is 0.154 e. The summed E-state index contributed by atoms with van der Waals surface area (Å²) in [5, 5.41) is 31.8. The third kappa shape index (κ3) is 7.90. The number of anilines is 4. The van der Waals surface area contributed by atoms with E-state index in [1.165, 1.54) is 0 Å². The zero-order valence-corrected chi connectivity index (χ0v) is 28.3. The third-order valence-corrected chi connectivity index (χ3v) is 7.75. The molecule has 7 rings (SSSR count). The van der Waals surface area contributed by atoms with Crippen LogP contribution in [0, 0.1) is 0 Å². The molecule has 0 saturated carbocycles. The predicted octanol–water partition coefficient (Wildman–Crippen LogP) is 7.01. The summed E-state index contributed by atoms with van der Waals surface area (Å²) in [5.41, 5.74) is 6.87. The Hall–Kier alpha value is -5.47. The number of hydrogen-bond acceptors (Lipinski definition) is 12. The van der Waals surface area contributed by atoms with Gasteiger partial charge in [0, 0.05) is 16.9 Å². The summed E-state index contributed by atoms with van der Waals surface area (Å²) in [6.45, 7) is 8.37. The van der Waals surface area contributed by atoms with E-state index in [1.54, 1.807) is 41.9 Å². The molecule has 0 aliphatic carbocycles. The van der Waals surface area contributed by atoms with E-state index in [4.69, 9.17) is 0 Å². The number of nitrogens with one attached hydrogen (secondary N) is 2. The number of fused-ring (bicyclic) bond motifs is 2. The SMILES string of the molecule is CC(C)c1cnnc(Nc2ccc3ncc(-n4cnc(CO)c4)cc3n2)c1.CC(C)c1cnnc(Nc2ccc3ncc(Br)cc3n2)c1. The van der Waals surface area contributed by atoms with Crippen molar-refractivity contribution >= 4 is 61.3 Å². The molecule has 0 aliphatic rings. The number of aliphatic hydroxyl groups excluding tert-OH is 1. The fraction of sp³-hybridized carbons (Fsp3) is 0.206. The van der Waals surface area contributed by atoms with E-state index in [-0.39, 0.29) is 6.61 Å². The van der Waals surface area contributed by atoms with Gasteiger partial charge in [0.15, 0.2) is 11.6 Å². The molecule has 0 aromatic carbocycles. The number of hydrogen-bond donors (Lipinski definition) is 3. The van der Waals surface area contributed by atoms with Gasteiger partial charge >= 0.3 is 0 Å². The Balaban J connectivity index is 0.000000173. The highest BCUT2D eigenvalue weighted by Crippen LogP contribution is 2.23. The minimum atomic E-state index is -0.100. The van der Waals surface area contributed by atoms with Gasteiger partial charge in [0.1, 0.15) is 11.6 Å². The van der Waals surface area contributed by atoms with Crippen molar-refractivity contribution in [3.05, 3.63) is 107 Å². The van der Waals surface area contributed by atoms with Crippen molar-refractivity contribution in [3.8, 4) is 5.69 Å². The number of halogens is 1. The lowest BCUT2D eigenvalue weighted by Gasteiger charge is -2.09. The summed E-state index contributed by atoms with van der Waals surface area (Å²) in [4.78, 5) is 22.0. The van der Waals surface area contributed by atoms with Gasteiger partial charge in [0.05, 0.1) is 65.0 Å². The minimum absolute atomic E-state index is 0.100. The van der Waals surface area contributed by atoms with Gasteiger partial charge in [0.2, 0.25) is 0 Å². The second-order valence-electron chi connectivity index (χ2n) is 11.6. The fourth-order valence-corrected chi connectivity index (χ4v) is 4.94. The monoisotopic (exact) mass is 704 g/mol. The number of aromatic nitrogens is 10. The molecule has 0 atom stereocenters. The van der Waals surface area contributed by atoms with Gasteiger partial charge in [-0.05, 0) is 87.4 Å². The van der Waals surface area contributed by atoms with Gasteiger partial charge in [-0.2, -0.15) is 10.2 Å². The lowest BCUT2D eigenvalue weighted by Crippen LogP contribution is -2.00. The maximum absolute atomic E-state index is 9.18. The molecule has 0 saturated heterocycles. The van der Waals surface area contributed by atoms with Crippen molar-refractivity contribution in [1.82, 2.24) is 49.9 Å². The van der Waals surface area contributed by atoms with Crippen molar-refractivity contribution < 1.29 is 5.11 Å². The first-order chi connectivity index (χ1) is 23.2. The van der Waals surface area contributed by atoms with Gasteiger partial charge in [0.25, 0.3) is 0 Å². The van der Waals surface area contributed by atoms with Gasteiger partial charge in [-0.25, -0.2) is 15.0 Å². The standard InChI is InChI=1S/C19H19N7O.C15H14BrN5/c1-12(2)13-5-19(25-22-7-13)24-18-4-3-16-17(23-18)6-15(8-20-16)26-9-14(10-27)21-11-26;1-9(2)10-5-15(21-18-7-10)20-14-4-3-12-13(19-14)6-11(16)8-17-12/h3-9,11-12,27H,10H2,1-2H3,(H,23,24,25);3-9H,1-2H3,(H,19,20,21). The number of pyridine rings is 4. The van der Waals surface area contributed by atoms with Crippen LogP contribution in [0.4, 0.5) is 23.3 Å². The lowest BCUT2D eigenvalue weighted by atomic mass is 10.1. The maximum atomic E-state index is 9.18. The van der Waals surface area contributed by atoms with Crippen LogP contribution in [0.3, 0.4) is 0 Å². The maximum Gasteiger partial charge on any atom is 0.154 e. The summed E-state index contributed by atoms with van der Waals surface area (Å²) in [6, 6.07) is 15.4. The average molecular weight is 706 g/mol. The average Bonchev–Trinajstić information content (AvgIpc) is 3.58. The van der Waals surface area contributed by atoms with E-state index < -0.39 is 0 Å². The number of imidazole rings is 1. The second kappa shape index (κ2) is 14.5. The summed E-state index contributed by atoms with van der Waals surface area (Å²) >= 11 is 3.40. The van der Waals surface area contributed by atoms with Crippen LogP contribution in [0.1, 0.15) is 56.4 Å². The molecular weight excluding hydrogens is 672 g/mol. The Morgan fingerprint density at radius 2 is 1.23 bits per heavy atom. The Labute approximate surface area is 285 Å². The van der Waals surface area contributed by atoms with Crippen LogP contribution in [0.2, 0.25) is 0 Å². The van der Waals surface area contributed by atoms with Crippen LogP contribution in [0.15, 0.2) is 90.3 Å². The van der Waals surface area contributed by atoms with Crippen molar-refractivity contribution in [1.29, 1.82) is 0 Å². The molecule has 7 aromatic rings. The van der Waals surface area contributed by atoms with Crippen molar-refractivity contribution in [2.75, 3.05) is 10.6 Å². The highest BCUT2D eigenvalue weighted by Gasteiger charge is 2.08. The molecule has 0 aliphatic heterocycles. The normalized spacial score (nSPS) is 11.2. The molecule has 0 unspecified atom stereocenters. The Morgan fingerprint density at radius 3 is 1.77 bits per heavy atom. The zero-order valence-electron chi connectivity index (χ0n) is 26.7. The topological polar surface area (TPSA) is 165 Å². The van der Waals surface area contributed by atoms with E-state index in [9.17, 15) is 5.11 Å². The van der Waals surface area contributed by atoms with Gasteiger partial charge in [-0.1, -0.05) is 27.7 Å². The van der Waals surface area contributed by atoms with E-state index in [0.717, 1.165) is 49.2 Å². The molecule has 0 amide bonds. The van der Waals surface area contributed by atoms with Gasteiger partial charge < -0.3 is 20.3 Å². The second-order valence-corrected chi connectivity index (χ2v) is 12.5. The molecule has 13 nitrogen and oxygen atoms in total. The molecule has 48 heavy (non-hydrogen) atoms. The van der Waals surface area contributed by atoms with Crippen molar-refractivity contribution in [2.24, 2.45) is 0 Å². The van der Waals surface area contributed by atoms with E-state index in [1.807, 2.05) is 48.5 Å². The Kier molecular flexibility index (Phi) is 9.83. The molecule has 14 heteroatoms. The first-order valence-corrected chi connectivity index (χ1v) is 16.1. The van der Waals surface area contributed by atoms with Gasteiger partial charge in [-0.15, -0.1) is 10.2 Å². The van der Waals surface area contributed by atoms with Crippen molar-refractivity contribution in [3.63, 3.8) is 0 Å². The number of nitrogens with zero attached hydrogens (tertiary/aromatic N) is 10. The molecule has 0 bridgehead atoms. The molecule has 3 N–H and O–H groups in total. The van der Waals surface area contributed by atoms with Crippen molar-refractivity contribution in [2.45, 2.75) is 46.1 Å². The molecule has 7 aromatic heterocycles. The summed E-state index contributed by atoms with van der Waals surface area (Å²) in [5.74, 6) is 3.51. The van der Waals surface area contributed by atoms with E-state index in [2.05, 4.69) is 99.6 Å². The minimum Gasteiger partial charge on any atom is -0.390 e. The molecule has 242 valence electrons. The summed E-state index contributed by atoms with van der Waals surface area (Å²) < 4.78 is 2.71. The summed E-state index contributed by atoms with van der Waals surface area (Å²) in [7, 11) is 0. The number of rotatable bonds is 8. The Morgan fingerprint density at radius 1 is 0.667 bits per heavy atom. The van der Waals surface area contributed by atoms with Crippen LogP contribution in [0.25, 0.3) is 27.8 Å². The molecule has 0 spiro atoms. The van der Waals surface area contributed by atoms with Gasteiger partial charge in [-0.3, -0.25) is 9.97 Å². The van der Waals surface area contributed by atoms with Crippen LogP contribution in [-0.4, -0.2) is 55.0 Å².